The fourth-order valence-corrected chi connectivity index (χ4v) is 0.884. The lowest BCUT2D eigenvalue weighted by Gasteiger charge is -1.98. The van der Waals surface area contributed by atoms with E-state index >= 15 is 0 Å². The van der Waals surface area contributed by atoms with Crippen LogP contribution in [-0.4, -0.2) is 28.8 Å². The van der Waals surface area contributed by atoms with Gasteiger partial charge in [0.2, 0.25) is 0 Å². The smallest absolute Gasteiger partial charge is 0.128 e. The standard InChI is InChI=1S/C9H11N3O2/c10-9(11)5-12-4-6-1-2-7(13)3-8(6)14/h1-4,13-14H,5H2,(H3,10,11). The van der Waals surface area contributed by atoms with Gasteiger partial charge in [-0.05, 0) is 12.1 Å². The van der Waals surface area contributed by atoms with Crippen LogP contribution in [0.1, 0.15) is 5.56 Å². The van der Waals surface area contributed by atoms with Crippen LogP contribution >= 0.6 is 0 Å². The largest absolute Gasteiger partial charge is 0.508 e. The average molecular weight is 193 g/mol. The van der Waals surface area contributed by atoms with Crippen LogP contribution in [0.3, 0.4) is 0 Å². The topological polar surface area (TPSA) is 103 Å². The SMILES string of the molecule is N=C(N)CN=Cc1ccc(O)cc1O. The summed E-state index contributed by atoms with van der Waals surface area (Å²) in [6.45, 7) is 0.0975. The summed E-state index contributed by atoms with van der Waals surface area (Å²) in [5.41, 5.74) is 5.56. The van der Waals surface area contributed by atoms with Gasteiger partial charge in [0.05, 0.1) is 6.54 Å². The van der Waals surface area contributed by atoms with Crippen LogP contribution in [0.5, 0.6) is 11.5 Å². The monoisotopic (exact) mass is 193 g/mol. The van der Waals surface area contributed by atoms with Crippen molar-refractivity contribution < 1.29 is 10.2 Å². The maximum absolute atomic E-state index is 9.32. The van der Waals surface area contributed by atoms with Crippen LogP contribution in [0.4, 0.5) is 0 Å². The molecule has 0 heterocycles. The van der Waals surface area contributed by atoms with E-state index in [2.05, 4.69) is 4.99 Å². The van der Waals surface area contributed by atoms with Crippen molar-refractivity contribution >= 4 is 12.1 Å². The highest BCUT2D eigenvalue weighted by Gasteiger charge is 1.98. The van der Waals surface area contributed by atoms with E-state index in [4.69, 9.17) is 16.2 Å². The molecule has 74 valence electrons. The second-order valence-corrected chi connectivity index (χ2v) is 2.74. The molecule has 0 aliphatic heterocycles. The lowest BCUT2D eigenvalue weighted by atomic mass is 10.2. The van der Waals surface area contributed by atoms with Crippen molar-refractivity contribution in [3.63, 3.8) is 0 Å². The van der Waals surface area contributed by atoms with E-state index in [1.54, 1.807) is 0 Å². The molecule has 14 heavy (non-hydrogen) atoms. The Bertz CT molecular complexity index is 374. The van der Waals surface area contributed by atoms with Gasteiger partial charge in [-0.3, -0.25) is 10.4 Å². The molecule has 1 aromatic rings. The molecule has 1 rings (SSSR count). The molecule has 5 nitrogen and oxygen atoms in total. The van der Waals surface area contributed by atoms with Gasteiger partial charge in [0.15, 0.2) is 0 Å². The predicted molar refractivity (Wildman–Crippen MR) is 54.1 cm³/mol. The van der Waals surface area contributed by atoms with E-state index in [1.165, 1.54) is 24.4 Å². The number of hydrogen-bond acceptors (Lipinski definition) is 4. The molecule has 0 fully saturated rings. The van der Waals surface area contributed by atoms with Gasteiger partial charge in [0, 0.05) is 17.8 Å². The first-order chi connectivity index (χ1) is 6.59. The van der Waals surface area contributed by atoms with Crippen LogP contribution in [0.25, 0.3) is 0 Å². The zero-order valence-electron chi connectivity index (χ0n) is 7.44. The molecule has 0 aliphatic rings. The van der Waals surface area contributed by atoms with E-state index in [1.807, 2.05) is 0 Å². The lowest BCUT2D eigenvalue weighted by Crippen LogP contribution is -2.12. The first-order valence-corrected chi connectivity index (χ1v) is 3.94. The van der Waals surface area contributed by atoms with E-state index < -0.39 is 0 Å². The van der Waals surface area contributed by atoms with Gasteiger partial charge in [0.25, 0.3) is 0 Å². The molecule has 0 aliphatic carbocycles. The summed E-state index contributed by atoms with van der Waals surface area (Å²) in [6, 6.07) is 4.18. The Morgan fingerprint density at radius 1 is 1.50 bits per heavy atom. The fourth-order valence-electron chi connectivity index (χ4n) is 0.884. The van der Waals surface area contributed by atoms with E-state index in [0.717, 1.165) is 0 Å². The number of hydrogen-bond donors (Lipinski definition) is 4. The molecule has 0 radical (unpaired) electrons. The predicted octanol–water partition coefficient (Wildman–Crippen LogP) is 0.453. The van der Waals surface area contributed by atoms with Crippen LogP contribution in [0.15, 0.2) is 23.2 Å². The van der Waals surface area contributed by atoms with Crippen LogP contribution in [0, 0.1) is 5.41 Å². The normalized spacial score (nSPS) is 10.6. The maximum atomic E-state index is 9.32. The van der Waals surface area contributed by atoms with Crippen LogP contribution < -0.4 is 5.73 Å². The van der Waals surface area contributed by atoms with Crippen molar-refractivity contribution in [3.05, 3.63) is 23.8 Å². The number of phenolic OH excluding ortho intramolecular Hbond substituents is 2. The number of nitrogens with two attached hydrogens (primary N) is 1. The first-order valence-electron chi connectivity index (χ1n) is 3.94. The van der Waals surface area contributed by atoms with Gasteiger partial charge >= 0.3 is 0 Å². The molecule has 0 bridgehead atoms. The molecule has 0 unspecified atom stereocenters. The third-order valence-corrected chi connectivity index (χ3v) is 1.51. The highest BCUT2D eigenvalue weighted by molar-refractivity contribution is 5.86. The van der Waals surface area contributed by atoms with Gasteiger partial charge in [-0.1, -0.05) is 0 Å². The molecule has 0 aromatic heterocycles. The maximum Gasteiger partial charge on any atom is 0.128 e. The summed E-state index contributed by atoms with van der Waals surface area (Å²) in [6.07, 6.45) is 1.40. The van der Waals surface area contributed by atoms with Gasteiger partial charge < -0.3 is 15.9 Å². The summed E-state index contributed by atoms with van der Waals surface area (Å²) >= 11 is 0. The van der Waals surface area contributed by atoms with Crippen molar-refractivity contribution in [2.75, 3.05) is 6.54 Å². The van der Waals surface area contributed by atoms with E-state index in [0.29, 0.717) is 5.56 Å². The summed E-state index contributed by atoms with van der Waals surface area (Å²) in [4.78, 5) is 3.82. The van der Waals surface area contributed by atoms with Gasteiger partial charge in [0.1, 0.15) is 17.3 Å². The summed E-state index contributed by atoms with van der Waals surface area (Å²) < 4.78 is 0. The minimum Gasteiger partial charge on any atom is -0.508 e. The number of phenols is 2. The zero-order chi connectivity index (χ0) is 10.6. The Kier molecular flexibility index (Phi) is 3.06. The van der Waals surface area contributed by atoms with Gasteiger partial charge in [-0.15, -0.1) is 0 Å². The van der Waals surface area contributed by atoms with Crippen molar-refractivity contribution in [2.45, 2.75) is 0 Å². The van der Waals surface area contributed by atoms with Crippen molar-refractivity contribution in [1.29, 1.82) is 5.41 Å². The number of aromatic hydroxyl groups is 2. The Labute approximate surface area is 81.0 Å². The molecule has 1 aromatic carbocycles. The number of nitrogens with one attached hydrogen (secondary N) is 1. The number of rotatable bonds is 3. The molecule has 0 saturated heterocycles. The number of amidine groups is 1. The highest BCUT2D eigenvalue weighted by Crippen LogP contribution is 2.20. The van der Waals surface area contributed by atoms with Crippen molar-refractivity contribution in [3.8, 4) is 11.5 Å². The molecule has 0 amide bonds. The third-order valence-electron chi connectivity index (χ3n) is 1.51. The molecule has 0 spiro atoms. The Hall–Kier alpha value is -2.04. The zero-order valence-corrected chi connectivity index (χ0v) is 7.44. The fraction of sp³-hybridized carbons (Fsp3) is 0.111. The molecule has 0 saturated carbocycles. The number of aliphatic imine (C=N–C) groups is 1. The average Bonchev–Trinajstić information content (AvgIpc) is 2.08. The third kappa shape index (κ3) is 2.78. The lowest BCUT2D eigenvalue weighted by molar-refractivity contribution is 0.450. The quantitative estimate of drug-likeness (QED) is 0.414. The minimum absolute atomic E-state index is 0.00813. The number of nitrogens with zero attached hydrogens (tertiary/aromatic N) is 1. The van der Waals surface area contributed by atoms with Crippen molar-refractivity contribution in [1.82, 2.24) is 0 Å². The van der Waals surface area contributed by atoms with Crippen LogP contribution in [-0.2, 0) is 0 Å². The molecule has 0 atom stereocenters. The summed E-state index contributed by atoms with van der Waals surface area (Å²) in [5, 5.41) is 25.2. The van der Waals surface area contributed by atoms with Gasteiger partial charge in [-0.25, -0.2) is 0 Å². The van der Waals surface area contributed by atoms with E-state index in [-0.39, 0.29) is 23.9 Å². The summed E-state index contributed by atoms with van der Waals surface area (Å²) in [5.74, 6) is -0.108. The van der Waals surface area contributed by atoms with Gasteiger partial charge in [-0.2, -0.15) is 0 Å². The van der Waals surface area contributed by atoms with E-state index in [9.17, 15) is 5.11 Å². The highest BCUT2D eigenvalue weighted by atomic mass is 16.3. The molecule has 5 heteroatoms. The Morgan fingerprint density at radius 2 is 2.21 bits per heavy atom. The Balaban J connectivity index is 2.76. The second-order valence-electron chi connectivity index (χ2n) is 2.74. The van der Waals surface area contributed by atoms with Crippen LogP contribution in [0.2, 0.25) is 0 Å². The number of benzene rings is 1. The van der Waals surface area contributed by atoms with Crippen molar-refractivity contribution in [2.24, 2.45) is 10.7 Å². The minimum atomic E-state index is -0.0581. The Morgan fingerprint density at radius 3 is 2.79 bits per heavy atom. The molecular weight excluding hydrogens is 182 g/mol. The molecular formula is C9H11N3O2. The second kappa shape index (κ2) is 4.27. The first kappa shape index (κ1) is 10.0. The molecule has 5 N–H and O–H groups in total. The summed E-state index contributed by atoms with van der Waals surface area (Å²) in [7, 11) is 0.